The van der Waals surface area contributed by atoms with Gasteiger partial charge in [-0.3, -0.25) is 9.59 Å². The van der Waals surface area contributed by atoms with E-state index in [2.05, 4.69) is 0 Å². The Balaban J connectivity index is 1.89. The van der Waals surface area contributed by atoms with Crippen molar-refractivity contribution in [1.82, 2.24) is 4.90 Å². The zero-order valence-electron chi connectivity index (χ0n) is 10.6. The van der Waals surface area contributed by atoms with Crippen molar-refractivity contribution in [3.8, 4) is 0 Å². The van der Waals surface area contributed by atoms with Gasteiger partial charge in [0, 0.05) is 19.2 Å². The van der Waals surface area contributed by atoms with Crippen LogP contribution in [-0.4, -0.2) is 47.7 Å². The van der Waals surface area contributed by atoms with Crippen LogP contribution >= 0.6 is 0 Å². The Morgan fingerprint density at radius 2 is 2.17 bits per heavy atom. The lowest BCUT2D eigenvalue weighted by Gasteiger charge is -2.31. The summed E-state index contributed by atoms with van der Waals surface area (Å²) in [5, 5.41) is 8.72. The zero-order chi connectivity index (χ0) is 13.1. The van der Waals surface area contributed by atoms with Gasteiger partial charge in [0.25, 0.3) is 0 Å². The summed E-state index contributed by atoms with van der Waals surface area (Å²) in [5.41, 5.74) is 1.14. The van der Waals surface area contributed by atoms with E-state index in [1.54, 1.807) is 11.0 Å². The van der Waals surface area contributed by atoms with Crippen molar-refractivity contribution in [3.63, 3.8) is 0 Å². The van der Waals surface area contributed by atoms with Crippen LogP contribution in [0.25, 0.3) is 0 Å². The molecule has 1 unspecified atom stereocenters. The third-order valence-corrected chi connectivity index (χ3v) is 3.43. The Hall–Kier alpha value is -1.36. The molecule has 1 saturated heterocycles. The highest BCUT2D eigenvalue weighted by Gasteiger charge is 2.27. The van der Waals surface area contributed by atoms with Crippen LogP contribution in [0.2, 0.25) is 0 Å². The molecule has 2 aliphatic rings. The first kappa shape index (κ1) is 13.1. The molecular weight excluding hydrogens is 234 g/mol. The van der Waals surface area contributed by atoms with Gasteiger partial charge in [-0.05, 0) is 25.7 Å². The number of hydrogen-bond donors (Lipinski definition) is 1. The number of morpholine rings is 1. The van der Waals surface area contributed by atoms with Crippen molar-refractivity contribution in [1.29, 1.82) is 0 Å². The first-order valence-corrected chi connectivity index (χ1v) is 6.36. The predicted molar refractivity (Wildman–Crippen MR) is 65.1 cm³/mol. The van der Waals surface area contributed by atoms with E-state index < -0.39 is 5.97 Å². The molecule has 5 nitrogen and oxygen atoms in total. The largest absolute Gasteiger partial charge is 0.481 e. The maximum absolute atomic E-state index is 12.0. The Kier molecular flexibility index (Phi) is 4.01. The molecule has 0 aromatic rings. The normalized spacial score (nSPS) is 25.1. The van der Waals surface area contributed by atoms with Crippen LogP contribution < -0.4 is 0 Å². The lowest BCUT2D eigenvalue weighted by atomic mass is 10.1. The van der Waals surface area contributed by atoms with Crippen molar-refractivity contribution in [2.75, 3.05) is 19.7 Å². The van der Waals surface area contributed by atoms with Crippen molar-refractivity contribution < 1.29 is 19.4 Å². The van der Waals surface area contributed by atoms with E-state index >= 15 is 0 Å². The summed E-state index contributed by atoms with van der Waals surface area (Å²) in [7, 11) is 0. The molecule has 1 amide bonds. The fraction of sp³-hybridized carbons (Fsp3) is 0.692. The summed E-state index contributed by atoms with van der Waals surface area (Å²) in [6, 6.07) is 0. The molecule has 0 bridgehead atoms. The monoisotopic (exact) mass is 253 g/mol. The third kappa shape index (κ3) is 3.57. The maximum atomic E-state index is 12.0. The van der Waals surface area contributed by atoms with Crippen molar-refractivity contribution in [2.45, 2.75) is 32.3 Å². The maximum Gasteiger partial charge on any atom is 0.306 e. The van der Waals surface area contributed by atoms with E-state index in [0.29, 0.717) is 25.6 Å². The van der Waals surface area contributed by atoms with Crippen LogP contribution in [0.4, 0.5) is 0 Å². The molecule has 0 spiro atoms. The van der Waals surface area contributed by atoms with Gasteiger partial charge >= 0.3 is 5.97 Å². The summed E-state index contributed by atoms with van der Waals surface area (Å²) >= 11 is 0. The zero-order valence-corrected chi connectivity index (χ0v) is 10.6. The minimum atomic E-state index is -0.890. The molecule has 0 aromatic heterocycles. The Labute approximate surface area is 106 Å². The Morgan fingerprint density at radius 1 is 1.44 bits per heavy atom. The van der Waals surface area contributed by atoms with E-state index in [0.717, 1.165) is 5.57 Å². The third-order valence-electron chi connectivity index (χ3n) is 3.43. The quantitative estimate of drug-likeness (QED) is 0.760. The highest BCUT2D eigenvalue weighted by molar-refractivity contribution is 5.88. The molecular formula is C13H19NO4. The van der Waals surface area contributed by atoms with Crippen LogP contribution in [0.15, 0.2) is 11.6 Å². The number of allylic oxidation sites excluding steroid dienone is 1. The minimum absolute atomic E-state index is 0.0157. The fourth-order valence-electron chi connectivity index (χ4n) is 2.18. The number of hydrogen-bond acceptors (Lipinski definition) is 3. The second-order valence-electron chi connectivity index (χ2n) is 5.04. The van der Waals surface area contributed by atoms with E-state index in [9.17, 15) is 9.59 Å². The van der Waals surface area contributed by atoms with Gasteiger partial charge in [0.1, 0.15) is 0 Å². The standard InChI is InChI=1S/C13H19NO4/c1-9(10-2-3-10)6-12(15)14-4-5-18-11(8-14)7-13(16)17/h6,10-11H,2-5,7-8H2,1H3,(H,16,17)/b9-6+. The number of carboxylic acid groups (broad SMARTS) is 1. The number of aliphatic carboxylic acids is 1. The van der Waals surface area contributed by atoms with E-state index in [1.165, 1.54) is 12.8 Å². The van der Waals surface area contributed by atoms with Gasteiger partial charge in [0.15, 0.2) is 0 Å². The number of carbonyl (C=O) groups is 2. The molecule has 1 heterocycles. The fourth-order valence-corrected chi connectivity index (χ4v) is 2.18. The van der Waals surface area contributed by atoms with Gasteiger partial charge in [-0.15, -0.1) is 0 Å². The van der Waals surface area contributed by atoms with Gasteiger partial charge in [-0.1, -0.05) is 5.57 Å². The van der Waals surface area contributed by atoms with Crippen molar-refractivity contribution >= 4 is 11.9 Å². The van der Waals surface area contributed by atoms with Gasteiger partial charge < -0.3 is 14.7 Å². The SMILES string of the molecule is C/C(=C\C(=O)N1CCOC(CC(=O)O)C1)C1CC1. The van der Waals surface area contributed by atoms with Crippen LogP contribution in [0.3, 0.4) is 0 Å². The van der Waals surface area contributed by atoms with Crippen LogP contribution in [0, 0.1) is 5.92 Å². The highest BCUT2D eigenvalue weighted by atomic mass is 16.5. The molecule has 18 heavy (non-hydrogen) atoms. The molecule has 1 saturated carbocycles. The van der Waals surface area contributed by atoms with Crippen LogP contribution in [0.5, 0.6) is 0 Å². The minimum Gasteiger partial charge on any atom is -0.481 e. The topological polar surface area (TPSA) is 66.8 Å². The van der Waals surface area contributed by atoms with Crippen molar-refractivity contribution in [3.05, 3.63) is 11.6 Å². The number of rotatable bonds is 4. The Bertz CT molecular complexity index is 373. The summed E-state index contributed by atoms with van der Waals surface area (Å²) in [5.74, 6) is -0.318. The van der Waals surface area contributed by atoms with Gasteiger partial charge in [-0.2, -0.15) is 0 Å². The summed E-state index contributed by atoms with van der Waals surface area (Å²) in [4.78, 5) is 24.3. The molecule has 0 aromatic carbocycles. The molecule has 2 fully saturated rings. The molecule has 100 valence electrons. The Morgan fingerprint density at radius 3 is 2.78 bits per heavy atom. The summed E-state index contributed by atoms with van der Waals surface area (Å²) in [6.45, 7) is 3.33. The van der Waals surface area contributed by atoms with E-state index in [4.69, 9.17) is 9.84 Å². The molecule has 1 aliphatic heterocycles. The predicted octanol–water partition coefficient (Wildman–Crippen LogP) is 1.04. The molecule has 2 rings (SSSR count). The number of amides is 1. The number of carbonyl (C=O) groups excluding carboxylic acids is 1. The average Bonchev–Trinajstić information content (AvgIpc) is 3.12. The highest BCUT2D eigenvalue weighted by Crippen LogP contribution is 2.36. The second kappa shape index (κ2) is 5.52. The summed E-state index contributed by atoms with van der Waals surface area (Å²) in [6.07, 6.45) is 3.63. The molecule has 5 heteroatoms. The average molecular weight is 253 g/mol. The van der Waals surface area contributed by atoms with Crippen LogP contribution in [-0.2, 0) is 14.3 Å². The summed E-state index contributed by atoms with van der Waals surface area (Å²) < 4.78 is 5.34. The van der Waals surface area contributed by atoms with Crippen molar-refractivity contribution in [2.24, 2.45) is 5.92 Å². The molecule has 1 aliphatic carbocycles. The van der Waals surface area contributed by atoms with Gasteiger partial charge in [0.05, 0.1) is 19.1 Å². The molecule has 1 atom stereocenters. The smallest absolute Gasteiger partial charge is 0.306 e. The second-order valence-corrected chi connectivity index (χ2v) is 5.04. The van der Waals surface area contributed by atoms with Crippen LogP contribution in [0.1, 0.15) is 26.2 Å². The molecule has 1 N–H and O–H groups in total. The van der Waals surface area contributed by atoms with E-state index in [-0.39, 0.29) is 18.4 Å². The van der Waals surface area contributed by atoms with E-state index in [1.807, 2.05) is 6.92 Å². The number of carboxylic acids is 1. The molecule has 0 radical (unpaired) electrons. The first-order chi connectivity index (χ1) is 8.56. The van der Waals surface area contributed by atoms with Gasteiger partial charge in [-0.25, -0.2) is 0 Å². The first-order valence-electron chi connectivity index (χ1n) is 6.36. The lowest BCUT2D eigenvalue weighted by Crippen LogP contribution is -2.45. The lowest BCUT2D eigenvalue weighted by molar-refractivity contribution is -0.145. The number of ether oxygens (including phenoxy) is 1. The number of nitrogens with zero attached hydrogens (tertiary/aromatic N) is 1. The van der Waals surface area contributed by atoms with Gasteiger partial charge in [0.2, 0.25) is 5.91 Å².